The number of nitrogens with one attached hydrogen (secondary N) is 2. The van der Waals surface area contributed by atoms with Gasteiger partial charge in [0.2, 0.25) is 5.95 Å². The van der Waals surface area contributed by atoms with Crippen LogP contribution in [0.3, 0.4) is 0 Å². The van der Waals surface area contributed by atoms with Gasteiger partial charge in [0.25, 0.3) is 5.56 Å². The first kappa shape index (κ1) is 37.8. The molecule has 4 rings (SSSR count). The number of nitrogens with two attached hydrogens (primary N) is 2. The number of aromatic nitrogens is 4. The van der Waals surface area contributed by atoms with E-state index < -0.39 is 42.7 Å². The van der Waals surface area contributed by atoms with Crippen LogP contribution in [0, 0.1) is 17.3 Å². The Morgan fingerprint density at radius 3 is 2.51 bits per heavy atom. The second-order valence-corrected chi connectivity index (χ2v) is 15.0. The third-order valence-electron chi connectivity index (χ3n) is 8.11. The van der Waals surface area contributed by atoms with Crippen molar-refractivity contribution in [3.05, 3.63) is 52.6 Å². The number of hydrogen-bond acceptors (Lipinski definition) is 12. The molecular formula is C33H48N7O8P. The minimum atomic E-state index is -4.29. The van der Waals surface area contributed by atoms with Crippen LogP contribution in [0.25, 0.3) is 17.4 Å². The summed E-state index contributed by atoms with van der Waals surface area (Å²) in [7, 11) is -4.29. The highest BCUT2D eigenvalue weighted by Crippen LogP contribution is 2.57. The fourth-order valence-corrected chi connectivity index (χ4v) is 6.73. The number of rotatable bonds is 18. The Hall–Kier alpha value is -4.04. The Morgan fingerprint density at radius 2 is 1.86 bits per heavy atom. The largest absolute Gasteiger partial charge is 0.463 e. The zero-order valence-corrected chi connectivity index (χ0v) is 29.8. The molecule has 0 bridgehead atoms. The van der Waals surface area contributed by atoms with E-state index in [1.807, 2.05) is 41.5 Å². The third-order valence-corrected chi connectivity index (χ3v) is 9.66. The number of carbonyl (C=O) groups is 2. The van der Waals surface area contributed by atoms with Crippen LogP contribution in [0.5, 0.6) is 5.75 Å². The molecule has 6 N–H and O–H groups in total. The van der Waals surface area contributed by atoms with Crippen molar-refractivity contribution < 1.29 is 32.7 Å². The van der Waals surface area contributed by atoms with Gasteiger partial charge >= 0.3 is 19.7 Å². The number of hydrogen-bond donors (Lipinski definition) is 4. The number of H-pyrrole nitrogens is 1. The summed E-state index contributed by atoms with van der Waals surface area (Å²) in [5.41, 5.74) is 11.4. The molecule has 1 saturated carbocycles. The monoisotopic (exact) mass is 701 g/mol. The minimum Gasteiger partial charge on any atom is -0.463 e. The van der Waals surface area contributed by atoms with E-state index in [1.165, 1.54) is 10.9 Å². The number of imidazole rings is 1. The molecule has 3 aromatic rings. The summed E-state index contributed by atoms with van der Waals surface area (Å²) in [6, 6.07) is 6.59. The summed E-state index contributed by atoms with van der Waals surface area (Å²) in [4.78, 5) is 49.3. The molecule has 1 aromatic carbocycles. The van der Waals surface area contributed by atoms with Gasteiger partial charge < -0.3 is 25.5 Å². The average molecular weight is 702 g/mol. The Labute approximate surface area is 285 Å². The molecule has 2 aromatic heterocycles. The predicted molar refractivity (Wildman–Crippen MR) is 185 cm³/mol. The number of anilines is 1. The number of nitrogen functional groups attached to an aromatic ring is 1. The molecule has 2 heterocycles. The number of para-hydroxylation sites is 1. The van der Waals surface area contributed by atoms with Gasteiger partial charge in [-0.3, -0.25) is 28.5 Å². The first-order valence-electron chi connectivity index (χ1n) is 16.5. The van der Waals surface area contributed by atoms with E-state index >= 15 is 0 Å². The van der Waals surface area contributed by atoms with Gasteiger partial charge in [0.1, 0.15) is 30.8 Å². The smallest absolute Gasteiger partial charge is 0.459 e. The van der Waals surface area contributed by atoms with E-state index in [0.29, 0.717) is 19.3 Å². The SMILES string of the molecule is CCC[C@H](C)OC(=O)[C@H](CC(C)C)NP(=O)(OC[C@@]1(COC(=O)[C@@H](N)C(C)C)C/C1=C/n1cnc2c(=O)[nH]c(N)nc21)Oc1ccccc1. The van der Waals surface area contributed by atoms with Crippen molar-refractivity contribution in [2.24, 2.45) is 23.0 Å². The molecule has 0 spiro atoms. The highest BCUT2D eigenvalue weighted by molar-refractivity contribution is 7.52. The molecule has 268 valence electrons. The Kier molecular flexibility index (Phi) is 12.4. The van der Waals surface area contributed by atoms with Crippen LogP contribution in [0.2, 0.25) is 0 Å². The van der Waals surface area contributed by atoms with Gasteiger partial charge in [-0.05, 0) is 55.7 Å². The first-order chi connectivity index (χ1) is 23.1. The summed E-state index contributed by atoms with van der Waals surface area (Å²) in [6.45, 7) is 10.9. The summed E-state index contributed by atoms with van der Waals surface area (Å²) in [5.74, 6) is -1.13. The second kappa shape index (κ2) is 16.1. The molecule has 5 atom stereocenters. The lowest BCUT2D eigenvalue weighted by atomic mass is 10.0. The van der Waals surface area contributed by atoms with Crippen LogP contribution in [0.15, 0.2) is 47.0 Å². The van der Waals surface area contributed by atoms with E-state index in [2.05, 4.69) is 20.0 Å². The molecule has 49 heavy (non-hydrogen) atoms. The highest BCUT2D eigenvalue weighted by Gasteiger charge is 2.53. The number of fused-ring (bicyclic) bond motifs is 1. The standard InChI is InChI=1S/C33H48N7O8P/c1-7-11-22(6)47-30(42)25(14-20(2)3)39-49(44,48-24-12-9-8-10-13-24)46-18-33(17-45-31(43)26(34)21(4)5)15-23(33)16-40-19-36-27-28(40)37-32(35)38-29(27)41/h8-10,12-13,16,19-22,25-26H,7,11,14-15,17-18,34H2,1-6H3,(H,39,44)(H3,35,37,38,41)/b23-16-/t22-,25-,26-,33-,49?/m0/s1. The van der Waals surface area contributed by atoms with Gasteiger partial charge in [-0.1, -0.05) is 59.2 Å². The van der Waals surface area contributed by atoms with Crippen molar-refractivity contribution in [1.82, 2.24) is 24.6 Å². The molecule has 0 aliphatic heterocycles. The van der Waals surface area contributed by atoms with Gasteiger partial charge in [-0.2, -0.15) is 10.1 Å². The van der Waals surface area contributed by atoms with Gasteiger partial charge in [0.15, 0.2) is 11.2 Å². The molecule has 0 amide bonds. The van der Waals surface area contributed by atoms with Crippen LogP contribution < -0.4 is 26.6 Å². The summed E-state index contributed by atoms with van der Waals surface area (Å²) >= 11 is 0. The zero-order valence-electron chi connectivity index (χ0n) is 28.9. The number of benzene rings is 1. The van der Waals surface area contributed by atoms with Crippen LogP contribution in [-0.2, 0) is 28.2 Å². The van der Waals surface area contributed by atoms with E-state index in [-0.39, 0.29) is 54.0 Å². The molecule has 1 fully saturated rings. The van der Waals surface area contributed by atoms with Crippen LogP contribution in [0.1, 0.15) is 67.2 Å². The lowest BCUT2D eigenvalue weighted by Gasteiger charge is -2.28. The maximum atomic E-state index is 14.6. The summed E-state index contributed by atoms with van der Waals surface area (Å²) in [6.07, 6.45) is 4.92. The molecule has 15 nitrogen and oxygen atoms in total. The topological polar surface area (TPSA) is 216 Å². The fourth-order valence-electron chi connectivity index (χ4n) is 5.14. The summed E-state index contributed by atoms with van der Waals surface area (Å²) < 4.78 is 39.5. The molecular weight excluding hydrogens is 653 g/mol. The highest BCUT2D eigenvalue weighted by atomic mass is 31.2. The second-order valence-electron chi connectivity index (χ2n) is 13.3. The number of esters is 2. The lowest BCUT2D eigenvalue weighted by molar-refractivity contribution is -0.151. The van der Waals surface area contributed by atoms with Crippen molar-refractivity contribution in [2.45, 2.75) is 85.4 Å². The van der Waals surface area contributed by atoms with E-state index in [1.54, 1.807) is 36.5 Å². The summed E-state index contributed by atoms with van der Waals surface area (Å²) in [5, 5.41) is 2.87. The van der Waals surface area contributed by atoms with Gasteiger partial charge in [-0.25, -0.2) is 9.55 Å². The molecule has 16 heteroatoms. The van der Waals surface area contributed by atoms with Crippen molar-refractivity contribution in [3.8, 4) is 5.75 Å². The Morgan fingerprint density at radius 1 is 1.14 bits per heavy atom. The van der Waals surface area contributed by atoms with E-state index in [0.717, 1.165) is 12.0 Å². The van der Waals surface area contributed by atoms with E-state index in [9.17, 15) is 18.9 Å². The zero-order chi connectivity index (χ0) is 35.9. The minimum absolute atomic E-state index is 0.0329. The molecule has 0 radical (unpaired) electrons. The van der Waals surface area contributed by atoms with Crippen molar-refractivity contribution in [2.75, 3.05) is 18.9 Å². The Balaban J connectivity index is 1.66. The molecule has 1 unspecified atom stereocenters. The maximum absolute atomic E-state index is 14.6. The molecule has 1 aliphatic carbocycles. The molecule has 0 saturated heterocycles. The number of carbonyl (C=O) groups excluding carboxylic acids is 2. The quantitative estimate of drug-likeness (QED) is 0.107. The normalized spacial score (nSPS) is 19.8. The van der Waals surface area contributed by atoms with Crippen molar-refractivity contribution in [1.29, 1.82) is 0 Å². The van der Waals surface area contributed by atoms with E-state index in [4.69, 9.17) is 30.0 Å². The fraction of sp³-hybridized carbons (Fsp3) is 0.545. The average Bonchev–Trinajstić information content (AvgIpc) is 3.56. The van der Waals surface area contributed by atoms with Crippen LogP contribution in [-0.4, -0.2) is 62.9 Å². The van der Waals surface area contributed by atoms with Gasteiger partial charge in [-0.15, -0.1) is 0 Å². The lowest BCUT2D eigenvalue weighted by Crippen LogP contribution is -2.40. The number of nitrogens with zero attached hydrogens (tertiary/aromatic N) is 3. The van der Waals surface area contributed by atoms with Crippen LogP contribution in [0.4, 0.5) is 5.95 Å². The Bertz CT molecular complexity index is 1740. The van der Waals surface area contributed by atoms with Gasteiger partial charge in [0.05, 0.1) is 18.1 Å². The van der Waals surface area contributed by atoms with Crippen molar-refractivity contribution >= 4 is 43.0 Å². The number of ether oxygens (including phenoxy) is 2. The first-order valence-corrected chi connectivity index (χ1v) is 18.0. The number of aromatic amines is 1. The molecule has 1 aliphatic rings. The van der Waals surface area contributed by atoms with Crippen LogP contribution >= 0.6 is 7.75 Å². The van der Waals surface area contributed by atoms with Crippen molar-refractivity contribution in [3.63, 3.8) is 0 Å². The van der Waals surface area contributed by atoms with Gasteiger partial charge in [0, 0.05) is 6.20 Å². The third kappa shape index (κ3) is 10.0. The predicted octanol–water partition coefficient (Wildman–Crippen LogP) is 4.40. The maximum Gasteiger partial charge on any atom is 0.459 e.